The molecule has 6 nitrogen and oxygen atoms in total. The molecule has 136 valence electrons. The maximum atomic E-state index is 12.9. The Hall–Kier alpha value is -2.10. The van der Waals surface area contributed by atoms with E-state index in [2.05, 4.69) is 15.7 Å². The van der Waals surface area contributed by atoms with Gasteiger partial charge >= 0.3 is 6.18 Å². The maximum Gasteiger partial charge on any atom is 0.433 e. The van der Waals surface area contributed by atoms with E-state index in [4.69, 9.17) is 4.74 Å². The predicted molar refractivity (Wildman–Crippen MR) is 87.1 cm³/mol. The Labute approximate surface area is 147 Å². The average Bonchev–Trinajstić information content (AvgIpc) is 3.06. The molecule has 0 radical (unpaired) electrons. The van der Waals surface area contributed by atoms with Crippen molar-refractivity contribution in [1.29, 1.82) is 0 Å². The van der Waals surface area contributed by atoms with Crippen LogP contribution in [0.3, 0.4) is 0 Å². The van der Waals surface area contributed by atoms with Gasteiger partial charge in [-0.3, -0.25) is 4.79 Å². The number of benzene rings is 1. The van der Waals surface area contributed by atoms with Crippen molar-refractivity contribution < 1.29 is 22.7 Å². The highest BCUT2D eigenvalue weighted by Gasteiger charge is 2.35. The number of halogens is 4. The molecule has 3 rings (SSSR count). The number of nitrogens with one attached hydrogen (secondary N) is 2. The summed E-state index contributed by atoms with van der Waals surface area (Å²) in [6.45, 7) is 1.58. The van der Waals surface area contributed by atoms with Gasteiger partial charge in [-0.2, -0.15) is 18.3 Å². The molecule has 0 spiro atoms. The van der Waals surface area contributed by atoms with E-state index in [9.17, 15) is 18.0 Å². The second kappa shape index (κ2) is 7.85. The Balaban J connectivity index is 0.00000225. The van der Waals surface area contributed by atoms with Gasteiger partial charge in [-0.25, -0.2) is 4.68 Å². The lowest BCUT2D eigenvalue weighted by Crippen LogP contribution is -2.45. The van der Waals surface area contributed by atoms with Crippen LogP contribution in [0.25, 0.3) is 5.69 Å². The summed E-state index contributed by atoms with van der Waals surface area (Å²) < 4.78 is 44.8. The molecule has 2 aromatic rings. The highest BCUT2D eigenvalue weighted by molar-refractivity contribution is 5.94. The van der Waals surface area contributed by atoms with Gasteiger partial charge in [-0.1, -0.05) is 0 Å². The number of ether oxygens (including phenoxy) is 1. The van der Waals surface area contributed by atoms with Gasteiger partial charge in [0.1, 0.15) is 11.8 Å². The Bertz CT molecular complexity index is 712. The molecular formula is C15H16ClF3N4O2. The summed E-state index contributed by atoms with van der Waals surface area (Å²) in [5.41, 5.74) is -0.138. The summed E-state index contributed by atoms with van der Waals surface area (Å²) in [7, 11) is 0. The van der Waals surface area contributed by atoms with E-state index < -0.39 is 18.0 Å². The minimum absolute atomic E-state index is 0. The molecule has 0 saturated carbocycles. The fraction of sp³-hybridized carbons (Fsp3) is 0.333. The molecule has 25 heavy (non-hydrogen) atoms. The number of hydrogen-bond acceptors (Lipinski definition) is 4. The lowest BCUT2D eigenvalue weighted by molar-refractivity contribution is -0.142. The van der Waals surface area contributed by atoms with Crippen LogP contribution in [-0.4, -0.2) is 41.5 Å². The molecule has 1 aliphatic heterocycles. The van der Waals surface area contributed by atoms with Crippen molar-refractivity contribution in [3.63, 3.8) is 0 Å². The molecule has 1 aromatic heterocycles. The van der Waals surface area contributed by atoms with Crippen LogP contribution >= 0.6 is 12.4 Å². The summed E-state index contributed by atoms with van der Waals surface area (Å²) >= 11 is 0. The van der Waals surface area contributed by atoms with Crippen molar-refractivity contribution in [2.24, 2.45) is 0 Å². The molecule has 10 heteroatoms. The lowest BCUT2D eigenvalue weighted by Gasteiger charge is -2.22. The van der Waals surface area contributed by atoms with Crippen LogP contribution in [-0.2, 0) is 15.7 Å². The summed E-state index contributed by atoms with van der Waals surface area (Å²) in [5, 5.41) is 9.42. The molecule has 1 aromatic carbocycles. The molecule has 1 aliphatic rings. The number of morpholine rings is 1. The van der Waals surface area contributed by atoms with Crippen LogP contribution in [0.1, 0.15) is 5.69 Å². The number of aromatic nitrogens is 2. The van der Waals surface area contributed by atoms with E-state index in [-0.39, 0.29) is 24.0 Å². The molecular weight excluding hydrogens is 361 g/mol. The van der Waals surface area contributed by atoms with Gasteiger partial charge in [0, 0.05) is 18.8 Å². The van der Waals surface area contributed by atoms with Crippen LogP contribution in [0.5, 0.6) is 0 Å². The van der Waals surface area contributed by atoms with Crippen molar-refractivity contribution in [1.82, 2.24) is 15.1 Å². The second-order valence-corrected chi connectivity index (χ2v) is 5.23. The van der Waals surface area contributed by atoms with Crippen molar-refractivity contribution in [2.75, 3.05) is 25.0 Å². The maximum absolute atomic E-state index is 12.9. The number of nitrogens with zero attached hydrogens (tertiary/aromatic N) is 2. The smallest absolute Gasteiger partial charge is 0.366 e. The first-order valence-corrected chi connectivity index (χ1v) is 7.30. The standard InChI is InChI=1S/C15H15F3N4O2.ClH/c16-15(17,18)13-5-6-20-22(13)11-3-1-10(2-4-11)21-14(23)12-9-19-7-8-24-12;/h1-6,12,19H,7-9H2,(H,21,23);1H/t12-;/m0./s1. The first-order valence-electron chi connectivity index (χ1n) is 7.30. The molecule has 2 heterocycles. The third-order valence-electron chi connectivity index (χ3n) is 3.53. The van der Waals surface area contributed by atoms with E-state index in [1.807, 2.05) is 0 Å². The van der Waals surface area contributed by atoms with Crippen LogP contribution < -0.4 is 10.6 Å². The molecule has 1 amide bonds. The van der Waals surface area contributed by atoms with E-state index >= 15 is 0 Å². The molecule has 1 atom stereocenters. The minimum atomic E-state index is -4.49. The average molecular weight is 377 g/mol. The van der Waals surface area contributed by atoms with Crippen molar-refractivity contribution in [3.05, 3.63) is 42.2 Å². The monoisotopic (exact) mass is 376 g/mol. The lowest BCUT2D eigenvalue weighted by atomic mass is 10.2. The van der Waals surface area contributed by atoms with E-state index in [0.29, 0.717) is 25.4 Å². The zero-order chi connectivity index (χ0) is 17.2. The summed E-state index contributed by atoms with van der Waals surface area (Å²) in [6.07, 6.45) is -3.98. The van der Waals surface area contributed by atoms with E-state index in [1.165, 1.54) is 24.3 Å². The first-order chi connectivity index (χ1) is 11.4. The Morgan fingerprint density at radius 2 is 2.00 bits per heavy atom. The Morgan fingerprint density at radius 1 is 1.28 bits per heavy atom. The molecule has 0 aliphatic carbocycles. The third-order valence-corrected chi connectivity index (χ3v) is 3.53. The largest absolute Gasteiger partial charge is 0.433 e. The number of alkyl halides is 3. The molecule has 1 fully saturated rings. The minimum Gasteiger partial charge on any atom is -0.366 e. The molecule has 2 N–H and O–H groups in total. The number of carbonyl (C=O) groups is 1. The van der Waals surface area contributed by atoms with E-state index in [1.54, 1.807) is 0 Å². The van der Waals surface area contributed by atoms with Crippen LogP contribution in [0, 0.1) is 0 Å². The molecule has 0 bridgehead atoms. The quantitative estimate of drug-likeness (QED) is 0.862. The number of amides is 1. The van der Waals surface area contributed by atoms with Gasteiger partial charge in [-0.15, -0.1) is 12.4 Å². The summed E-state index contributed by atoms with van der Waals surface area (Å²) in [4.78, 5) is 12.0. The summed E-state index contributed by atoms with van der Waals surface area (Å²) in [6, 6.07) is 6.86. The Kier molecular flexibility index (Phi) is 6.04. The van der Waals surface area contributed by atoms with Crippen molar-refractivity contribution >= 4 is 24.0 Å². The number of carbonyl (C=O) groups excluding carboxylic acids is 1. The zero-order valence-corrected chi connectivity index (χ0v) is 13.7. The number of hydrogen-bond donors (Lipinski definition) is 2. The normalized spacial score (nSPS) is 17.6. The van der Waals surface area contributed by atoms with Crippen molar-refractivity contribution in [3.8, 4) is 5.69 Å². The van der Waals surface area contributed by atoms with Gasteiger partial charge in [0.2, 0.25) is 0 Å². The van der Waals surface area contributed by atoms with Crippen LogP contribution in [0.2, 0.25) is 0 Å². The zero-order valence-electron chi connectivity index (χ0n) is 12.9. The number of rotatable bonds is 3. The van der Waals surface area contributed by atoms with Crippen molar-refractivity contribution in [2.45, 2.75) is 12.3 Å². The Morgan fingerprint density at radius 3 is 2.60 bits per heavy atom. The molecule has 1 saturated heterocycles. The fourth-order valence-electron chi connectivity index (χ4n) is 2.37. The van der Waals surface area contributed by atoms with Gasteiger partial charge in [0.05, 0.1) is 18.5 Å². The van der Waals surface area contributed by atoms with E-state index in [0.717, 1.165) is 16.9 Å². The van der Waals surface area contributed by atoms with Crippen LogP contribution in [0.4, 0.5) is 18.9 Å². The van der Waals surface area contributed by atoms with Gasteiger partial charge < -0.3 is 15.4 Å². The van der Waals surface area contributed by atoms with Gasteiger partial charge in [-0.05, 0) is 30.3 Å². The highest BCUT2D eigenvalue weighted by atomic mass is 35.5. The number of anilines is 1. The summed E-state index contributed by atoms with van der Waals surface area (Å²) in [5.74, 6) is -0.301. The molecule has 0 unspecified atom stereocenters. The highest BCUT2D eigenvalue weighted by Crippen LogP contribution is 2.30. The third kappa shape index (κ3) is 4.50. The predicted octanol–water partition coefficient (Wildman–Crippen LogP) is 2.24. The SMILES string of the molecule is Cl.O=C(Nc1ccc(-n2nccc2C(F)(F)F)cc1)[C@@H]1CNCCO1. The van der Waals surface area contributed by atoms with Gasteiger partial charge in [0.25, 0.3) is 5.91 Å². The van der Waals surface area contributed by atoms with Crippen LogP contribution in [0.15, 0.2) is 36.5 Å². The van der Waals surface area contributed by atoms with Gasteiger partial charge in [0.15, 0.2) is 0 Å². The topological polar surface area (TPSA) is 68.2 Å². The fourth-order valence-corrected chi connectivity index (χ4v) is 2.37. The first kappa shape index (κ1) is 19.2. The second-order valence-electron chi connectivity index (χ2n) is 5.23.